The highest BCUT2D eigenvalue weighted by Gasteiger charge is 2.35. The Morgan fingerprint density at radius 3 is 2.92 bits per heavy atom. The fourth-order valence-corrected chi connectivity index (χ4v) is 3.90. The number of ether oxygens (including phenoxy) is 2. The fraction of sp³-hybridized carbons (Fsp3) is 0.529. The summed E-state index contributed by atoms with van der Waals surface area (Å²) in [5.74, 6) is -0.315. The van der Waals surface area contributed by atoms with Gasteiger partial charge >= 0.3 is 5.97 Å². The number of esters is 1. The summed E-state index contributed by atoms with van der Waals surface area (Å²) in [5.41, 5.74) is 1.35. The van der Waals surface area contributed by atoms with Crippen LogP contribution in [0.4, 0.5) is 5.00 Å². The summed E-state index contributed by atoms with van der Waals surface area (Å²) < 4.78 is 11.3. The average molecular weight is 369 g/mol. The van der Waals surface area contributed by atoms with Crippen LogP contribution in [0, 0.1) is 0 Å². The molecule has 5 nitrogen and oxygen atoms in total. The van der Waals surface area contributed by atoms with Gasteiger partial charge < -0.3 is 20.1 Å². The van der Waals surface area contributed by atoms with Gasteiger partial charge in [0.2, 0.25) is 0 Å². The minimum Gasteiger partial charge on any atom is -0.462 e. The lowest BCUT2D eigenvalue weighted by atomic mass is 9.89. The molecule has 0 fully saturated rings. The number of rotatable bonds is 6. The lowest BCUT2D eigenvalue weighted by Gasteiger charge is -2.33. The molecular weight excluding hydrogens is 344 g/mol. The third kappa shape index (κ3) is 4.15. The Morgan fingerprint density at radius 1 is 1.54 bits per heavy atom. The molecule has 0 aliphatic carbocycles. The highest BCUT2D eigenvalue weighted by molar-refractivity contribution is 7.80. The van der Waals surface area contributed by atoms with E-state index >= 15 is 0 Å². The second kappa shape index (κ2) is 8.09. The Kier molecular flexibility index (Phi) is 6.37. The number of fused-ring (bicyclic) bond motifs is 1. The number of thiocarbonyl (C=S) groups is 1. The third-order valence-corrected chi connectivity index (χ3v) is 5.42. The quantitative estimate of drug-likeness (QED) is 0.454. The highest BCUT2D eigenvalue weighted by atomic mass is 32.1. The molecule has 1 atom stereocenters. The van der Waals surface area contributed by atoms with Crippen molar-refractivity contribution in [1.29, 1.82) is 0 Å². The summed E-state index contributed by atoms with van der Waals surface area (Å²) in [5, 5.41) is 7.30. The van der Waals surface area contributed by atoms with Crippen LogP contribution < -0.4 is 10.6 Å². The molecule has 1 aromatic rings. The van der Waals surface area contributed by atoms with Crippen molar-refractivity contribution in [1.82, 2.24) is 5.32 Å². The minimum atomic E-state index is -0.315. The first-order chi connectivity index (χ1) is 11.4. The van der Waals surface area contributed by atoms with E-state index in [4.69, 9.17) is 21.7 Å². The van der Waals surface area contributed by atoms with Crippen molar-refractivity contribution in [2.75, 3.05) is 18.5 Å². The first-order valence-electron chi connectivity index (χ1n) is 8.05. The van der Waals surface area contributed by atoms with Crippen molar-refractivity contribution in [2.24, 2.45) is 0 Å². The summed E-state index contributed by atoms with van der Waals surface area (Å²) in [4.78, 5) is 13.6. The molecule has 1 aliphatic rings. The number of hydrogen-bond acceptors (Lipinski definition) is 5. The van der Waals surface area contributed by atoms with Gasteiger partial charge in [-0.15, -0.1) is 17.9 Å². The maximum Gasteiger partial charge on any atom is 0.341 e. The molecule has 0 amide bonds. The van der Waals surface area contributed by atoms with Crippen molar-refractivity contribution >= 4 is 39.6 Å². The molecule has 24 heavy (non-hydrogen) atoms. The van der Waals surface area contributed by atoms with E-state index in [-0.39, 0.29) is 11.6 Å². The molecule has 2 N–H and O–H groups in total. The van der Waals surface area contributed by atoms with Gasteiger partial charge in [0.1, 0.15) is 5.00 Å². The van der Waals surface area contributed by atoms with E-state index in [1.54, 1.807) is 13.0 Å². The van der Waals surface area contributed by atoms with E-state index in [0.29, 0.717) is 41.9 Å². The van der Waals surface area contributed by atoms with Crippen LogP contribution in [0.2, 0.25) is 0 Å². The van der Waals surface area contributed by atoms with Crippen LogP contribution in [0.25, 0.3) is 0 Å². The number of nitrogens with one attached hydrogen (secondary N) is 2. The van der Waals surface area contributed by atoms with E-state index in [2.05, 4.69) is 31.1 Å². The topological polar surface area (TPSA) is 59.6 Å². The molecule has 1 aliphatic heterocycles. The third-order valence-electron chi connectivity index (χ3n) is 4.05. The number of hydrogen-bond donors (Lipinski definition) is 2. The summed E-state index contributed by atoms with van der Waals surface area (Å²) in [6, 6.07) is 0. The standard InChI is InChI=1S/C17H24N2O3S2/c1-5-8-18-16(23)19-14-13(15(20)21-7-3)11-9-17(4,6-2)22-10-12(11)24-14/h5H,1,6-10H2,2-4H3,(H2,18,19,23)/t17-/m1/s1. The molecule has 0 spiro atoms. The second-order valence-electron chi connectivity index (χ2n) is 5.82. The van der Waals surface area contributed by atoms with E-state index in [9.17, 15) is 4.79 Å². The first-order valence-corrected chi connectivity index (χ1v) is 9.28. The Morgan fingerprint density at radius 2 is 2.29 bits per heavy atom. The second-order valence-corrected chi connectivity index (χ2v) is 7.33. The van der Waals surface area contributed by atoms with Crippen molar-refractivity contribution in [3.8, 4) is 0 Å². The van der Waals surface area contributed by atoms with E-state index in [1.165, 1.54) is 11.3 Å². The molecule has 132 valence electrons. The van der Waals surface area contributed by atoms with Crippen LogP contribution in [-0.4, -0.2) is 29.8 Å². The molecule has 2 heterocycles. The smallest absolute Gasteiger partial charge is 0.341 e. The maximum absolute atomic E-state index is 12.5. The van der Waals surface area contributed by atoms with E-state index in [1.807, 2.05) is 0 Å². The van der Waals surface area contributed by atoms with Gasteiger partial charge in [0.05, 0.1) is 24.4 Å². The van der Waals surface area contributed by atoms with Crippen molar-refractivity contribution < 1.29 is 14.3 Å². The maximum atomic E-state index is 12.5. The van der Waals surface area contributed by atoms with Crippen LogP contribution in [-0.2, 0) is 22.5 Å². The average Bonchev–Trinajstić information content (AvgIpc) is 2.89. The molecule has 0 bridgehead atoms. The SMILES string of the molecule is C=CCNC(=S)Nc1sc2c(c1C(=O)OCC)C[C@@](C)(CC)OC2. The minimum absolute atomic E-state index is 0.256. The Hall–Kier alpha value is -1.44. The monoisotopic (exact) mass is 368 g/mol. The summed E-state index contributed by atoms with van der Waals surface area (Å²) in [6.07, 6.45) is 3.30. The Bertz CT molecular complexity index is 642. The molecule has 7 heteroatoms. The lowest BCUT2D eigenvalue weighted by molar-refractivity contribution is -0.0548. The molecule has 0 radical (unpaired) electrons. The van der Waals surface area contributed by atoms with E-state index in [0.717, 1.165) is 16.9 Å². The van der Waals surface area contributed by atoms with Gasteiger partial charge in [-0.1, -0.05) is 13.0 Å². The van der Waals surface area contributed by atoms with Crippen LogP contribution >= 0.6 is 23.6 Å². The van der Waals surface area contributed by atoms with Gasteiger partial charge in [0.25, 0.3) is 0 Å². The molecule has 1 aromatic heterocycles. The lowest BCUT2D eigenvalue weighted by Crippen LogP contribution is -2.34. The molecular formula is C17H24N2O3S2. The van der Waals surface area contributed by atoms with Crippen LogP contribution in [0.15, 0.2) is 12.7 Å². The van der Waals surface area contributed by atoms with Gasteiger partial charge in [-0.2, -0.15) is 0 Å². The number of carbonyl (C=O) groups is 1. The molecule has 0 unspecified atom stereocenters. The zero-order valence-corrected chi connectivity index (χ0v) is 16.0. The van der Waals surface area contributed by atoms with Gasteiger partial charge in [-0.3, -0.25) is 0 Å². The zero-order valence-electron chi connectivity index (χ0n) is 14.4. The Labute approximate surface area is 152 Å². The highest BCUT2D eigenvalue weighted by Crippen LogP contribution is 2.41. The summed E-state index contributed by atoms with van der Waals surface area (Å²) in [7, 11) is 0. The predicted molar refractivity (Wildman–Crippen MR) is 102 cm³/mol. The van der Waals surface area contributed by atoms with E-state index < -0.39 is 0 Å². The van der Waals surface area contributed by atoms with Crippen LogP contribution in [0.5, 0.6) is 0 Å². The fourth-order valence-electron chi connectivity index (χ4n) is 2.53. The van der Waals surface area contributed by atoms with Crippen LogP contribution in [0.1, 0.15) is 48.0 Å². The number of thiophene rings is 1. The number of anilines is 1. The number of carbonyl (C=O) groups excluding carboxylic acids is 1. The van der Waals surface area contributed by atoms with Crippen LogP contribution in [0.3, 0.4) is 0 Å². The van der Waals surface area contributed by atoms with Crippen molar-refractivity contribution in [3.63, 3.8) is 0 Å². The largest absolute Gasteiger partial charge is 0.462 e. The van der Waals surface area contributed by atoms with Gasteiger partial charge in [-0.05, 0) is 38.0 Å². The molecule has 0 saturated carbocycles. The first kappa shape index (κ1) is 18.9. The molecule has 2 rings (SSSR count). The predicted octanol–water partition coefficient (Wildman–Crippen LogP) is 3.64. The summed E-state index contributed by atoms with van der Waals surface area (Å²) in [6.45, 7) is 11.0. The molecule has 0 saturated heterocycles. The van der Waals surface area contributed by atoms with Gasteiger partial charge in [0, 0.05) is 17.8 Å². The van der Waals surface area contributed by atoms with Gasteiger partial charge in [0.15, 0.2) is 5.11 Å². The van der Waals surface area contributed by atoms with Crippen molar-refractivity contribution in [3.05, 3.63) is 28.7 Å². The zero-order chi connectivity index (χ0) is 17.7. The van der Waals surface area contributed by atoms with Gasteiger partial charge in [-0.25, -0.2) is 4.79 Å². The normalized spacial score (nSPS) is 19.3. The molecule has 0 aromatic carbocycles. The van der Waals surface area contributed by atoms with Crippen molar-refractivity contribution in [2.45, 2.75) is 45.8 Å². The summed E-state index contributed by atoms with van der Waals surface area (Å²) >= 11 is 6.77. The Balaban J connectivity index is 2.35.